The van der Waals surface area contributed by atoms with E-state index in [9.17, 15) is 0 Å². The molecule has 1 aromatic heterocycles. The van der Waals surface area contributed by atoms with E-state index in [1.807, 2.05) is 0 Å². The van der Waals surface area contributed by atoms with Gasteiger partial charge in [-0.25, -0.2) is 4.98 Å². The Balaban J connectivity index is 1.77. The molecule has 4 rings (SSSR count). The van der Waals surface area contributed by atoms with E-state index in [0.717, 1.165) is 38.0 Å². The number of hydrogen-bond donors (Lipinski definition) is 0. The quantitative estimate of drug-likeness (QED) is 0.734. The lowest BCUT2D eigenvalue weighted by molar-refractivity contribution is -0.0601. The molecule has 126 valence electrons. The van der Waals surface area contributed by atoms with Crippen molar-refractivity contribution in [2.24, 2.45) is 0 Å². The summed E-state index contributed by atoms with van der Waals surface area (Å²) in [5.74, 6) is 0.507. The number of ether oxygens (including phenoxy) is 1. The number of allylic oxidation sites excluding steroid dienone is 2. The van der Waals surface area contributed by atoms with Crippen molar-refractivity contribution in [3.8, 4) is 11.3 Å². The number of imidazole rings is 1. The second kappa shape index (κ2) is 6.21. The standard InChI is InChI=1S/C21H26N2O/c1-21(2)14-17(12-13-24-21)20-19(16-8-4-3-5-9-16)22-15-23(20)18-10-6-7-11-18/h3-9,15,17-18H,10-14H2,1-2H3/t17-/m0/s1. The molecule has 0 radical (unpaired) electrons. The van der Waals surface area contributed by atoms with Gasteiger partial charge >= 0.3 is 0 Å². The first-order valence-corrected chi connectivity index (χ1v) is 9.05. The molecule has 1 aliphatic carbocycles. The Morgan fingerprint density at radius 2 is 1.88 bits per heavy atom. The van der Waals surface area contributed by atoms with Crippen molar-refractivity contribution < 1.29 is 4.74 Å². The molecule has 0 N–H and O–H groups in total. The minimum Gasteiger partial charge on any atom is -0.376 e. The summed E-state index contributed by atoms with van der Waals surface area (Å²) in [6.07, 6.45) is 11.0. The largest absolute Gasteiger partial charge is 0.376 e. The van der Waals surface area contributed by atoms with E-state index in [1.165, 1.54) is 11.3 Å². The summed E-state index contributed by atoms with van der Waals surface area (Å²) >= 11 is 0. The lowest BCUT2D eigenvalue weighted by Crippen LogP contribution is -2.34. The van der Waals surface area contributed by atoms with Gasteiger partial charge in [-0.2, -0.15) is 0 Å². The van der Waals surface area contributed by atoms with E-state index < -0.39 is 0 Å². The third-order valence-electron chi connectivity index (χ3n) is 5.34. The third kappa shape index (κ3) is 2.93. The van der Waals surface area contributed by atoms with Gasteiger partial charge in [0.05, 0.1) is 17.6 Å². The van der Waals surface area contributed by atoms with E-state index >= 15 is 0 Å². The maximum Gasteiger partial charge on any atom is 0.0958 e. The smallest absolute Gasteiger partial charge is 0.0958 e. The van der Waals surface area contributed by atoms with Crippen molar-refractivity contribution in [3.05, 3.63) is 54.5 Å². The highest BCUT2D eigenvalue weighted by Gasteiger charge is 2.34. The van der Waals surface area contributed by atoms with Crippen LogP contribution in [-0.2, 0) is 4.74 Å². The monoisotopic (exact) mass is 322 g/mol. The second-order valence-corrected chi connectivity index (χ2v) is 7.65. The molecular weight excluding hydrogens is 296 g/mol. The van der Waals surface area contributed by atoms with Crippen LogP contribution >= 0.6 is 0 Å². The van der Waals surface area contributed by atoms with E-state index in [-0.39, 0.29) is 5.60 Å². The normalized spacial score (nSPS) is 23.7. The van der Waals surface area contributed by atoms with E-state index in [0.29, 0.717) is 12.0 Å². The highest BCUT2D eigenvalue weighted by molar-refractivity contribution is 5.62. The minimum atomic E-state index is -0.0557. The number of hydrogen-bond acceptors (Lipinski definition) is 2. The Morgan fingerprint density at radius 3 is 2.58 bits per heavy atom. The molecule has 0 saturated carbocycles. The predicted octanol–water partition coefficient (Wildman–Crippen LogP) is 5.11. The van der Waals surface area contributed by atoms with Crippen molar-refractivity contribution >= 4 is 0 Å². The second-order valence-electron chi connectivity index (χ2n) is 7.65. The Kier molecular flexibility index (Phi) is 4.05. The highest BCUT2D eigenvalue weighted by atomic mass is 16.5. The van der Waals surface area contributed by atoms with Crippen molar-refractivity contribution in [1.82, 2.24) is 9.55 Å². The molecule has 24 heavy (non-hydrogen) atoms. The lowest BCUT2D eigenvalue weighted by atomic mass is 9.84. The number of aromatic nitrogens is 2. The zero-order chi connectivity index (χ0) is 16.6. The molecule has 1 aromatic carbocycles. The molecule has 0 bridgehead atoms. The van der Waals surface area contributed by atoms with Crippen LogP contribution in [0.25, 0.3) is 11.3 Å². The first-order chi connectivity index (χ1) is 11.6. The first-order valence-electron chi connectivity index (χ1n) is 9.05. The minimum absolute atomic E-state index is 0.0557. The van der Waals surface area contributed by atoms with Crippen LogP contribution in [0.2, 0.25) is 0 Å². The SMILES string of the molecule is CC1(C)C[C@@H](c2c(-c3ccccc3)ncn2C2CC=CC2)CCO1. The van der Waals surface area contributed by atoms with E-state index in [2.05, 4.69) is 67.2 Å². The van der Waals surface area contributed by atoms with Gasteiger partial charge in [-0.15, -0.1) is 0 Å². The molecule has 2 aliphatic rings. The van der Waals surface area contributed by atoms with Gasteiger partial charge < -0.3 is 9.30 Å². The van der Waals surface area contributed by atoms with Crippen LogP contribution in [0.4, 0.5) is 0 Å². The maximum absolute atomic E-state index is 5.96. The molecule has 1 aliphatic heterocycles. The predicted molar refractivity (Wildman–Crippen MR) is 97.1 cm³/mol. The van der Waals surface area contributed by atoms with Gasteiger partial charge in [0.25, 0.3) is 0 Å². The molecule has 1 fully saturated rings. The van der Waals surface area contributed by atoms with Crippen LogP contribution in [0.1, 0.15) is 57.2 Å². The molecule has 0 unspecified atom stereocenters. The summed E-state index contributed by atoms with van der Waals surface area (Å²) in [5.41, 5.74) is 3.73. The Bertz CT molecular complexity index is 722. The van der Waals surface area contributed by atoms with E-state index in [4.69, 9.17) is 9.72 Å². The van der Waals surface area contributed by atoms with Crippen LogP contribution in [0.15, 0.2) is 48.8 Å². The molecule has 0 spiro atoms. The molecular formula is C21H26N2O. The number of benzene rings is 1. The molecule has 0 amide bonds. The summed E-state index contributed by atoms with van der Waals surface area (Å²) < 4.78 is 8.42. The van der Waals surface area contributed by atoms with Gasteiger partial charge in [-0.1, -0.05) is 42.5 Å². The molecule has 2 heterocycles. The fourth-order valence-electron chi connectivity index (χ4n) is 4.18. The summed E-state index contributed by atoms with van der Waals surface area (Å²) in [4.78, 5) is 4.85. The van der Waals surface area contributed by atoms with Gasteiger partial charge in [0.15, 0.2) is 0 Å². The molecule has 1 saturated heterocycles. The van der Waals surface area contributed by atoms with Gasteiger partial charge in [-0.05, 0) is 39.5 Å². The lowest BCUT2D eigenvalue weighted by Gasteiger charge is -2.36. The van der Waals surface area contributed by atoms with Gasteiger partial charge in [0, 0.05) is 29.8 Å². The van der Waals surface area contributed by atoms with Crippen molar-refractivity contribution in [2.45, 2.75) is 57.1 Å². The molecule has 2 aromatic rings. The van der Waals surface area contributed by atoms with Crippen LogP contribution in [-0.4, -0.2) is 21.8 Å². The molecule has 3 nitrogen and oxygen atoms in total. The average molecular weight is 322 g/mol. The number of nitrogens with zero attached hydrogens (tertiary/aromatic N) is 2. The fraction of sp³-hybridized carbons (Fsp3) is 0.476. The van der Waals surface area contributed by atoms with Crippen molar-refractivity contribution in [2.75, 3.05) is 6.61 Å². The average Bonchev–Trinajstić information content (AvgIpc) is 3.24. The summed E-state index contributed by atoms with van der Waals surface area (Å²) in [5, 5.41) is 0. The third-order valence-corrected chi connectivity index (χ3v) is 5.34. The zero-order valence-corrected chi connectivity index (χ0v) is 14.6. The molecule has 1 atom stereocenters. The van der Waals surface area contributed by atoms with Gasteiger partial charge in [0.2, 0.25) is 0 Å². The Hall–Kier alpha value is -1.87. The van der Waals surface area contributed by atoms with Gasteiger partial charge in [0.1, 0.15) is 0 Å². The fourth-order valence-corrected chi connectivity index (χ4v) is 4.18. The van der Waals surface area contributed by atoms with Crippen molar-refractivity contribution in [3.63, 3.8) is 0 Å². The van der Waals surface area contributed by atoms with Gasteiger partial charge in [-0.3, -0.25) is 0 Å². The first kappa shape index (κ1) is 15.6. The summed E-state index contributed by atoms with van der Waals surface area (Å²) in [7, 11) is 0. The summed E-state index contributed by atoms with van der Waals surface area (Å²) in [6.45, 7) is 5.25. The zero-order valence-electron chi connectivity index (χ0n) is 14.6. The van der Waals surface area contributed by atoms with Crippen LogP contribution in [0.3, 0.4) is 0 Å². The molecule has 3 heteroatoms. The summed E-state index contributed by atoms with van der Waals surface area (Å²) in [6, 6.07) is 11.1. The maximum atomic E-state index is 5.96. The highest BCUT2D eigenvalue weighted by Crippen LogP contribution is 2.41. The Labute approximate surface area is 144 Å². The van der Waals surface area contributed by atoms with E-state index in [1.54, 1.807) is 0 Å². The van der Waals surface area contributed by atoms with Crippen molar-refractivity contribution in [1.29, 1.82) is 0 Å². The number of rotatable bonds is 3. The van der Waals surface area contributed by atoms with Crippen LogP contribution in [0.5, 0.6) is 0 Å². The Morgan fingerprint density at radius 1 is 1.12 bits per heavy atom. The van der Waals surface area contributed by atoms with Crippen LogP contribution in [0, 0.1) is 0 Å². The van der Waals surface area contributed by atoms with Crippen LogP contribution < -0.4 is 0 Å². The topological polar surface area (TPSA) is 27.1 Å².